The highest BCUT2D eigenvalue weighted by atomic mass is 32.2. The maximum Gasteiger partial charge on any atom is 0.159 e. The molecule has 0 bridgehead atoms. The number of rotatable bonds is 0. The van der Waals surface area contributed by atoms with E-state index in [1.165, 1.54) is 5.56 Å². The molecule has 0 spiro atoms. The molecule has 56 valence electrons. The molecule has 2 rings (SSSR count). The molecule has 0 aromatic heterocycles. The first-order valence-corrected chi connectivity index (χ1v) is 4.40. The largest absolute Gasteiger partial charge is 0.378 e. The topological polar surface area (TPSA) is 38.4 Å². The number of nitrogens with two attached hydrogens (primary N) is 1. The van der Waals surface area contributed by atoms with E-state index >= 15 is 0 Å². The molecule has 3 heteroatoms. The van der Waals surface area contributed by atoms with Gasteiger partial charge in [0.15, 0.2) is 5.17 Å². The molecule has 0 unspecified atom stereocenters. The Kier molecular flexibility index (Phi) is 1.58. The van der Waals surface area contributed by atoms with Crippen molar-refractivity contribution in [3.05, 3.63) is 29.8 Å². The van der Waals surface area contributed by atoms with E-state index in [0.717, 1.165) is 11.4 Å². The normalized spacial score (nSPS) is 15.5. The lowest BCUT2D eigenvalue weighted by atomic mass is 10.2. The van der Waals surface area contributed by atoms with E-state index < -0.39 is 0 Å². The molecule has 0 saturated carbocycles. The highest BCUT2D eigenvalue weighted by Crippen LogP contribution is 2.28. The second kappa shape index (κ2) is 2.58. The summed E-state index contributed by atoms with van der Waals surface area (Å²) in [6, 6.07) is 8.07. The van der Waals surface area contributed by atoms with E-state index in [1.54, 1.807) is 11.8 Å². The van der Waals surface area contributed by atoms with Crippen LogP contribution in [0, 0.1) is 0 Å². The minimum atomic E-state index is 0.670. The summed E-state index contributed by atoms with van der Waals surface area (Å²) >= 11 is 1.59. The zero-order chi connectivity index (χ0) is 7.68. The van der Waals surface area contributed by atoms with Crippen molar-refractivity contribution in [1.29, 1.82) is 0 Å². The second-order valence-electron chi connectivity index (χ2n) is 2.37. The molecular weight excluding hydrogens is 156 g/mol. The van der Waals surface area contributed by atoms with E-state index in [0.29, 0.717) is 5.17 Å². The summed E-state index contributed by atoms with van der Waals surface area (Å²) in [6.45, 7) is 0. The number of amidine groups is 1. The zero-order valence-electron chi connectivity index (χ0n) is 5.95. The van der Waals surface area contributed by atoms with E-state index in [4.69, 9.17) is 5.73 Å². The monoisotopic (exact) mass is 164 g/mol. The molecule has 0 fully saturated rings. The summed E-state index contributed by atoms with van der Waals surface area (Å²) in [5.74, 6) is 0.950. The van der Waals surface area contributed by atoms with Crippen LogP contribution in [-0.4, -0.2) is 5.17 Å². The van der Waals surface area contributed by atoms with Gasteiger partial charge in [-0.25, -0.2) is 4.99 Å². The minimum Gasteiger partial charge on any atom is -0.378 e. The molecule has 2 nitrogen and oxygen atoms in total. The van der Waals surface area contributed by atoms with Crippen LogP contribution in [0.4, 0.5) is 5.69 Å². The Balaban J connectivity index is 2.51. The van der Waals surface area contributed by atoms with Crippen molar-refractivity contribution in [3.8, 4) is 0 Å². The Bertz CT molecular complexity index is 307. The van der Waals surface area contributed by atoms with Crippen molar-refractivity contribution in [1.82, 2.24) is 0 Å². The average Bonchev–Trinajstić information content (AvgIpc) is 2.04. The first kappa shape index (κ1) is 6.73. The van der Waals surface area contributed by atoms with Crippen LogP contribution >= 0.6 is 11.8 Å². The van der Waals surface area contributed by atoms with Crippen molar-refractivity contribution < 1.29 is 0 Å². The molecular formula is C8H8N2S. The van der Waals surface area contributed by atoms with Gasteiger partial charge in [0.25, 0.3) is 0 Å². The minimum absolute atomic E-state index is 0.670. The third kappa shape index (κ3) is 1.24. The van der Waals surface area contributed by atoms with Gasteiger partial charge in [-0.1, -0.05) is 30.0 Å². The molecule has 11 heavy (non-hydrogen) atoms. The van der Waals surface area contributed by atoms with Crippen molar-refractivity contribution in [2.45, 2.75) is 5.75 Å². The molecule has 1 aromatic carbocycles. The Labute approximate surface area is 69.5 Å². The lowest BCUT2D eigenvalue weighted by Gasteiger charge is -2.10. The van der Waals surface area contributed by atoms with Crippen molar-refractivity contribution >= 4 is 22.6 Å². The average molecular weight is 164 g/mol. The number of benzene rings is 1. The van der Waals surface area contributed by atoms with Crippen LogP contribution in [0.1, 0.15) is 5.56 Å². The Morgan fingerprint density at radius 1 is 1.36 bits per heavy atom. The number of fused-ring (bicyclic) bond motifs is 1. The van der Waals surface area contributed by atoms with Gasteiger partial charge in [0, 0.05) is 5.75 Å². The predicted molar refractivity (Wildman–Crippen MR) is 49.0 cm³/mol. The highest BCUT2D eigenvalue weighted by Gasteiger charge is 2.07. The number of hydrogen-bond donors (Lipinski definition) is 1. The van der Waals surface area contributed by atoms with Gasteiger partial charge in [-0.05, 0) is 11.6 Å². The van der Waals surface area contributed by atoms with Crippen molar-refractivity contribution in [3.63, 3.8) is 0 Å². The molecule has 0 aliphatic carbocycles. The fourth-order valence-corrected chi connectivity index (χ4v) is 1.76. The lowest BCUT2D eigenvalue weighted by molar-refractivity contribution is 1.34. The maximum atomic E-state index is 5.56. The zero-order valence-corrected chi connectivity index (χ0v) is 6.77. The third-order valence-corrected chi connectivity index (χ3v) is 2.44. The molecule has 2 N–H and O–H groups in total. The van der Waals surface area contributed by atoms with Gasteiger partial charge in [-0.2, -0.15) is 0 Å². The van der Waals surface area contributed by atoms with E-state index in [2.05, 4.69) is 11.1 Å². The third-order valence-electron chi connectivity index (χ3n) is 1.60. The van der Waals surface area contributed by atoms with Crippen LogP contribution in [0.15, 0.2) is 29.3 Å². The molecule has 0 saturated heterocycles. The standard InChI is InChI=1S/C8H8N2S/c9-8-10-7-4-2-1-3-6(7)5-11-8/h1-4H,5H2,(H2,9,10). The number of hydrogen-bond acceptors (Lipinski definition) is 3. The highest BCUT2D eigenvalue weighted by molar-refractivity contribution is 8.13. The van der Waals surface area contributed by atoms with Crippen LogP contribution in [0.2, 0.25) is 0 Å². The van der Waals surface area contributed by atoms with Crippen LogP contribution in [-0.2, 0) is 5.75 Å². The molecule has 1 aliphatic rings. The molecule has 0 atom stereocenters. The van der Waals surface area contributed by atoms with Gasteiger partial charge in [0.05, 0.1) is 5.69 Å². The summed E-state index contributed by atoms with van der Waals surface area (Å²) in [4.78, 5) is 4.20. The summed E-state index contributed by atoms with van der Waals surface area (Å²) in [7, 11) is 0. The van der Waals surface area contributed by atoms with Crippen LogP contribution in [0.25, 0.3) is 0 Å². The molecule has 1 heterocycles. The van der Waals surface area contributed by atoms with Crippen molar-refractivity contribution in [2.75, 3.05) is 0 Å². The molecule has 1 aromatic rings. The quantitative estimate of drug-likeness (QED) is 0.635. The first-order chi connectivity index (χ1) is 5.36. The van der Waals surface area contributed by atoms with Gasteiger partial charge >= 0.3 is 0 Å². The van der Waals surface area contributed by atoms with Gasteiger partial charge in [0.1, 0.15) is 0 Å². The van der Waals surface area contributed by atoms with E-state index in [-0.39, 0.29) is 0 Å². The van der Waals surface area contributed by atoms with E-state index in [1.807, 2.05) is 18.2 Å². The summed E-state index contributed by atoms with van der Waals surface area (Å²) in [5.41, 5.74) is 7.85. The van der Waals surface area contributed by atoms with Gasteiger partial charge < -0.3 is 5.73 Å². The predicted octanol–water partition coefficient (Wildman–Crippen LogP) is 1.88. The number of nitrogens with zero attached hydrogens (tertiary/aromatic N) is 1. The number of aliphatic imine (C=N–C) groups is 1. The lowest BCUT2D eigenvalue weighted by Crippen LogP contribution is -2.09. The Morgan fingerprint density at radius 2 is 2.18 bits per heavy atom. The fraction of sp³-hybridized carbons (Fsp3) is 0.125. The van der Waals surface area contributed by atoms with Gasteiger partial charge in [-0.3, -0.25) is 0 Å². The fourth-order valence-electron chi connectivity index (χ4n) is 1.04. The number of para-hydroxylation sites is 1. The van der Waals surface area contributed by atoms with Crippen molar-refractivity contribution in [2.24, 2.45) is 10.7 Å². The second-order valence-corrected chi connectivity index (χ2v) is 3.36. The summed E-state index contributed by atoms with van der Waals surface area (Å²) in [5, 5.41) is 0.670. The summed E-state index contributed by atoms with van der Waals surface area (Å²) < 4.78 is 0. The van der Waals surface area contributed by atoms with Gasteiger partial charge in [-0.15, -0.1) is 0 Å². The van der Waals surface area contributed by atoms with Gasteiger partial charge in [0.2, 0.25) is 0 Å². The van der Waals surface area contributed by atoms with Crippen LogP contribution < -0.4 is 5.73 Å². The Morgan fingerprint density at radius 3 is 3.09 bits per heavy atom. The first-order valence-electron chi connectivity index (χ1n) is 3.41. The SMILES string of the molecule is NC1=Nc2ccccc2CS1. The number of thioether (sulfide) groups is 1. The van der Waals surface area contributed by atoms with E-state index in [9.17, 15) is 0 Å². The van der Waals surface area contributed by atoms with Crippen LogP contribution in [0.3, 0.4) is 0 Å². The maximum absolute atomic E-state index is 5.56. The van der Waals surface area contributed by atoms with Crippen LogP contribution in [0.5, 0.6) is 0 Å². The summed E-state index contributed by atoms with van der Waals surface area (Å²) in [6.07, 6.45) is 0. The smallest absolute Gasteiger partial charge is 0.159 e. The molecule has 0 radical (unpaired) electrons. The molecule has 0 amide bonds. The molecule has 1 aliphatic heterocycles. The Hall–Kier alpha value is -0.960.